The molecule has 326 valence electrons. The van der Waals surface area contributed by atoms with Crippen molar-refractivity contribution in [2.75, 3.05) is 26.9 Å². The Morgan fingerprint density at radius 1 is 0.638 bits per heavy atom. The molecule has 10 heteroatoms. The van der Waals surface area contributed by atoms with Gasteiger partial charge < -0.3 is 33.0 Å². The maximum Gasteiger partial charge on any atom is 0.261 e. The summed E-state index contributed by atoms with van der Waals surface area (Å²) in [6.45, 7) is 34.9. The normalized spacial score (nSPS) is 16.7. The van der Waals surface area contributed by atoms with Crippen LogP contribution in [0.1, 0.15) is 88.1 Å². The van der Waals surface area contributed by atoms with E-state index in [-0.39, 0.29) is 51.7 Å². The third kappa shape index (κ3) is 12.7. The van der Waals surface area contributed by atoms with Gasteiger partial charge in [0.05, 0.1) is 32.0 Å². The van der Waals surface area contributed by atoms with Crippen molar-refractivity contribution in [1.29, 1.82) is 0 Å². The Kier molecular flexibility index (Phi) is 17.9. The molecule has 0 aliphatic heterocycles. The van der Waals surface area contributed by atoms with Gasteiger partial charge in [0.1, 0.15) is 5.75 Å². The summed E-state index contributed by atoms with van der Waals surface area (Å²) < 4.78 is 34.9. The van der Waals surface area contributed by atoms with Gasteiger partial charge in [-0.2, -0.15) is 0 Å². The molecule has 0 aliphatic rings. The van der Waals surface area contributed by atoms with Crippen molar-refractivity contribution in [3.05, 3.63) is 90.5 Å². The van der Waals surface area contributed by atoms with Crippen molar-refractivity contribution < 1.29 is 33.0 Å². The number of aliphatic hydroxyl groups is 2. The number of rotatable bonds is 21. The van der Waals surface area contributed by atoms with Crippen molar-refractivity contribution in [3.8, 4) is 5.75 Å². The topological polar surface area (TPSA) is 86.6 Å². The van der Waals surface area contributed by atoms with Crippen LogP contribution in [-0.4, -0.2) is 80.4 Å². The molecule has 0 radical (unpaired) electrons. The molecule has 3 aromatic carbocycles. The highest BCUT2D eigenvalue weighted by molar-refractivity contribution is 6.99. The number of hydrogen-bond acceptors (Lipinski definition) is 7. The zero-order valence-corrected chi connectivity index (χ0v) is 42.0. The van der Waals surface area contributed by atoms with E-state index in [4.69, 9.17) is 22.8 Å². The molecule has 6 atom stereocenters. The molecule has 0 unspecified atom stereocenters. The molecular formula is C48H80O7Si3. The van der Waals surface area contributed by atoms with Gasteiger partial charge >= 0.3 is 0 Å². The Balaban J connectivity index is 2.28. The van der Waals surface area contributed by atoms with E-state index in [1.54, 1.807) is 7.11 Å². The molecule has 7 nitrogen and oxygen atoms in total. The first-order valence-corrected chi connectivity index (χ1v) is 29.1. The summed E-state index contributed by atoms with van der Waals surface area (Å²) >= 11 is 0. The molecule has 0 spiro atoms. The van der Waals surface area contributed by atoms with E-state index in [1.165, 1.54) is 10.4 Å². The Bertz CT molecular complexity index is 1590. The predicted octanol–water partition coefficient (Wildman–Crippen LogP) is 10.2. The molecule has 0 aliphatic carbocycles. The smallest absolute Gasteiger partial charge is 0.261 e. The monoisotopic (exact) mass is 853 g/mol. The minimum Gasteiger partial charge on any atom is -0.497 e. The number of benzene rings is 3. The highest BCUT2D eigenvalue weighted by atomic mass is 28.4. The zero-order chi connectivity index (χ0) is 43.7. The molecule has 0 aromatic heterocycles. The minimum absolute atomic E-state index is 0.0000113. The number of methoxy groups -OCH3 is 1. The van der Waals surface area contributed by atoms with Gasteiger partial charge in [-0.25, -0.2) is 0 Å². The number of aliphatic hydroxyl groups excluding tert-OH is 2. The lowest BCUT2D eigenvalue weighted by atomic mass is 9.85. The highest BCUT2D eigenvalue weighted by Gasteiger charge is 2.51. The van der Waals surface area contributed by atoms with Crippen LogP contribution < -0.4 is 15.1 Å². The van der Waals surface area contributed by atoms with Gasteiger partial charge in [0.25, 0.3) is 8.32 Å². The van der Waals surface area contributed by atoms with Crippen molar-refractivity contribution in [1.82, 2.24) is 0 Å². The lowest BCUT2D eigenvalue weighted by Crippen LogP contribution is -2.67. The molecular weight excluding hydrogens is 773 g/mol. The summed E-state index contributed by atoms with van der Waals surface area (Å²) in [6.07, 6.45) is -1.10. The number of ether oxygens (including phenoxy) is 2. The molecule has 0 bridgehead atoms. The van der Waals surface area contributed by atoms with Gasteiger partial charge in [-0.15, -0.1) is 0 Å². The first-order chi connectivity index (χ1) is 26.8. The molecule has 58 heavy (non-hydrogen) atoms. The molecule has 0 amide bonds. The van der Waals surface area contributed by atoms with Gasteiger partial charge in [0, 0.05) is 37.6 Å². The van der Waals surface area contributed by atoms with E-state index >= 15 is 0 Å². The van der Waals surface area contributed by atoms with Gasteiger partial charge in [-0.05, 0) is 75.8 Å². The fourth-order valence-electron chi connectivity index (χ4n) is 7.12. The van der Waals surface area contributed by atoms with Gasteiger partial charge in [-0.1, -0.05) is 149 Å². The van der Waals surface area contributed by atoms with Gasteiger partial charge in [0.2, 0.25) is 0 Å². The van der Waals surface area contributed by atoms with Crippen LogP contribution in [0.5, 0.6) is 5.75 Å². The summed E-state index contributed by atoms with van der Waals surface area (Å²) in [4.78, 5) is 0. The largest absolute Gasteiger partial charge is 0.497 e. The first kappa shape index (κ1) is 50.2. The van der Waals surface area contributed by atoms with Crippen LogP contribution in [0.15, 0.2) is 84.9 Å². The Hall–Kier alpha value is -2.13. The van der Waals surface area contributed by atoms with Gasteiger partial charge in [0.15, 0.2) is 16.6 Å². The Labute approximate surface area is 356 Å². The SMILES string of the molecule is COc1ccc(CO[C@H]([C@@H](CO[Si](C)(C)C(C)(C)C)CO[Si](c2ccccc2)(c2ccccc2)C(C)(C)C)[C@H](C)[C@H](C[C@H](O)[C@@H](C)CO)O[Si](C)(C)C(C)(C)C)cc1. The Morgan fingerprint density at radius 2 is 1.12 bits per heavy atom. The summed E-state index contributed by atoms with van der Waals surface area (Å²) in [6, 6.07) is 29.6. The molecule has 0 fully saturated rings. The van der Waals surface area contributed by atoms with Crippen LogP contribution in [0, 0.1) is 17.8 Å². The zero-order valence-electron chi connectivity index (χ0n) is 39.0. The molecule has 3 rings (SSSR count). The summed E-state index contributed by atoms with van der Waals surface area (Å²) in [5.41, 5.74) is 1.03. The number of hydrogen-bond donors (Lipinski definition) is 2. The summed E-state index contributed by atoms with van der Waals surface area (Å²) in [5.74, 6) is 0.126. The van der Waals surface area contributed by atoms with Crippen molar-refractivity contribution in [2.24, 2.45) is 17.8 Å². The second kappa shape index (κ2) is 20.6. The van der Waals surface area contributed by atoms with Crippen LogP contribution in [0.25, 0.3) is 0 Å². The van der Waals surface area contributed by atoms with E-state index < -0.39 is 31.1 Å². The molecule has 0 saturated carbocycles. The van der Waals surface area contributed by atoms with Crippen LogP contribution in [0.3, 0.4) is 0 Å². The van der Waals surface area contributed by atoms with E-state index in [2.05, 4.69) is 168 Å². The average molecular weight is 853 g/mol. The molecule has 2 N–H and O–H groups in total. The van der Waals surface area contributed by atoms with E-state index in [0.29, 0.717) is 26.2 Å². The van der Waals surface area contributed by atoms with Crippen molar-refractivity contribution in [3.63, 3.8) is 0 Å². The van der Waals surface area contributed by atoms with E-state index in [1.807, 2.05) is 19.1 Å². The standard InChI is InChI=1S/C48H80O7Si3/c1-36(32-49)43(50)31-44(55-57(15,16)47(6,7)8)37(2)45(52-33-38-27-29-40(51-12)30-28-38)39(34-53-56(13,14)46(3,4)5)35-54-58(48(9,10)11,41-23-19-17-20-24-41)42-25-21-18-22-26-42/h17-30,36-37,39,43-45,49-50H,31-35H2,1-16H3/t36-,37+,39-,43-,44-,45-/m0/s1. The maximum absolute atomic E-state index is 11.6. The summed E-state index contributed by atoms with van der Waals surface area (Å²) in [7, 11) is -5.84. The third-order valence-corrected chi connectivity index (χ3v) is 27.2. The Morgan fingerprint density at radius 3 is 1.55 bits per heavy atom. The second-order valence-electron chi connectivity index (χ2n) is 20.7. The van der Waals surface area contributed by atoms with Crippen LogP contribution >= 0.6 is 0 Å². The minimum atomic E-state index is -2.94. The van der Waals surface area contributed by atoms with Crippen LogP contribution in [-0.2, 0) is 24.6 Å². The van der Waals surface area contributed by atoms with Crippen LogP contribution in [0.2, 0.25) is 41.3 Å². The fourth-order valence-corrected chi connectivity index (χ4v) is 14.2. The predicted molar refractivity (Wildman–Crippen MR) is 250 cm³/mol. The fraction of sp³-hybridized carbons (Fsp3) is 0.625. The van der Waals surface area contributed by atoms with Crippen molar-refractivity contribution in [2.45, 2.75) is 149 Å². The van der Waals surface area contributed by atoms with E-state index in [9.17, 15) is 10.2 Å². The van der Waals surface area contributed by atoms with Crippen molar-refractivity contribution >= 4 is 35.3 Å². The molecule has 0 saturated heterocycles. The second-order valence-corrected chi connectivity index (χ2v) is 34.5. The quantitative estimate of drug-likeness (QED) is 0.103. The first-order valence-electron chi connectivity index (χ1n) is 21.4. The summed E-state index contributed by atoms with van der Waals surface area (Å²) in [5, 5.41) is 23.8. The van der Waals surface area contributed by atoms with Crippen LogP contribution in [0.4, 0.5) is 0 Å². The lowest BCUT2D eigenvalue weighted by Gasteiger charge is -2.47. The third-order valence-electron chi connectivity index (χ3n) is 13.2. The van der Waals surface area contributed by atoms with E-state index in [0.717, 1.165) is 11.3 Å². The molecule has 3 aromatic rings. The van der Waals surface area contributed by atoms with Gasteiger partial charge in [-0.3, -0.25) is 0 Å². The average Bonchev–Trinajstić information content (AvgIpc) is 3.15. The maximum atomic E-state index is 11.6. The highest BCUT2D eigenvalue weighted by Crippen LogP contribution is 2.42. The lowest BCUT2D eigenvalue weighted by molar-refractivity contribution is -0.0930. The molecule has 0 heterocycles.